The molecule has 0 unspecified atom stereocenters. The van der Waals surface area contributed by atoms with Gasteiger partial charge in [-0.15, -0.1) is 24.0 Å². The third kappa shape index (κ3) is 6.77. The van der Waals surface area contributed by atoms with Crippen molar-refractivity contribution >= 4 is 29.9 Å². The van der Waals surface area contributed by atoms with Crippen molar-refractivity contribution in [2.75, 3.05) is 13.1 Å². The van der Waals surface area contributed by atoms with Crippen molar-refractivity contribution in [3.05, 3.63) is 71.6 Å². The zero-order chi connectivity index (χ0) is 19.8. The number of aliphatic imine (C=N–C) groups is 1. The summed E-state index contributed by atoms with van der Waals surface area (Å²) in [4.78, 5) is 8.71. The maximum Gasteiger partial charge on any atom is 0.191 e. The highest BCUT2D eigenvalue weighted by molar-refractivity contribution is 14.0. The highest BCUT2D eigenvalue weighted by Gasteiger charge is 2.05. The van der Waals surface area contributed by atoms with Crippen LogP contribution in [0.2, 0.25) is 0 Å². The molecule has 0 aliphatic carbocycles. The zero-order valence-electron chi connectivity index (χ0n) is 16.0. The Kier molecular flexibility index (Phi) is 8.97. The fourth-order valence-corrected chi connectivity index (χ4v) is 2.72. The Morgan fingerprint density at radius 2 is 2.00 bits per heavy atom. The SMILES string of the molecule is CCNC(=NCc1cccc(-c2ncn[nH]2)c1)NCCc1cc(F)ccc1F.I. The maximum absolute atomic E-state index is 13.7. The molecule has 0 saturated carbocycles. The minimum Gasteiger partial charge on any atom is -0.357 e. The predicted molar refractivity (Wildman–Crippen MR) is 120 cm³/mol. The van der Waals surface area contributed by atoms with Gasteiger partial charge in [0.2, 0.25) is 0 Å². The van der Waals surface area contributed by atoms with Gasteiger partial charge in [0.15, 0.2) is 11.8 Å². The Morgan fingerprint density at radius 1 is 1.14 bits per heavy atom. The lowest BCUT2D eigenvalue weighted by atomic mass is 10.1. The summed E-state index contributed by atoms with van der Waals surface area (Å²) in [6, 6.07) is 11.3. The van der Waals surface area contributed by atoms with Gasteiger partial charge < -0.3 is 10.6 Å². The van der Waals surface area contributed by atoms with Gasteiger partial charge in [0, 0.05) is 18.7 Å². The molecule has 0 aliphatic heterocycles. The van der Waals surface area contributed by atoms with E-state index in [1.807, 2.05) is 31.2 Å². The quantitative estimate of drug-likeness (QED) is 0.257. The van der Waals surface area contributed by atoms with Crippen molar-refractivity contribution in [1.29, 1.82) is 0 Å². The van der Waals surface area contributed by atoms with E-state index in [0.29, 0.717) is 43.4 Å². The minimum atomic E-state index is -0.441. The van der Waals surface area contributed by atoms with Crippen LogP contribution in [0.15, 0.2) is 53.8 Å². The zero-order valence-corrected chi connectivity index (χ0v) is 18.3. The van der Waals surface area contributed by atoms with E-state index in [-0.39, 0.29) is 24.0 Å². The van der Waals surface area contributed by atoms with Crippen LogP contribution >= 0.6 is 24.0 Å². The number of guanidine groups is 1. The Balaban J connectivity index is 0.00000300. The minimum absolute atomic E-state index is 0. The van der Waals surface area contributed by atoms with Crippen molar-refractivity contribution < 1.29 is 8.78 Å². The summed E-state index contributed by atoms with van der Waals surface area (Å²) < 4.78 is 27.0. The number of nitrogens with one attached hydrogen (secondary N) is 3. The van der Waals surface area contributed by atoms with Gasteiger partial charge in [-0.1, -0.05) is 18.2 Å². The molecule has 9 heteroatoms. The second kappa shape index (κ2) is 11.4. The average molecular weight is 512 g/mol. The van der Waals surface area contributed by atoms with E-state index in [4.69, 9.17) is 0 Å². The Bertz CT molecular complexity index is 930. The summed E-state index contributed by atoms with van der Waals surface area (Å²) in [5.41, 5.74) is 2.29. The number of aromatic amines is 1. The van der Waals surface area contributed by atoms with Crippen LogP contribution in [0.4, 0.5) is 8.78 Å². The molecular formula is C20H23F2IN6. The van der Waals surface area contributed by atoms with Crippen LogP contribution in [0.1, 0.15) is 18.1 Å². The Hall–Kier alpha value is -2.56. The molecule has 0 bridgehead atoms. The number of hydrogen-bond donors (Lipinski definition) is 3. The number of rotatable bonds is 7. The molecule has 6 nitrogen and oxygen atoms in total. The van der Waals surface area contributed by atoms with Gasteiger partial charge in [-0.2, -0.15) is 5.10 Å². The van der Waals surface area contributed by atoms with E-state index >= 15 is 0 Å². The second-order valence-corrected chi connectivity index (χ2v) is 6.14. The lowest BCUT2D eigenvalue weighted by molar-refractivity contribution is 0.583. The molecular weight excluding hydrogens is 489 g/mol. The summed E-state index contributed by atoms with van der Waals surface area (Å²) in [7, 11) is 0. The van der Waals surface area contributed by atoms with Gasteiger partial charge in [0.25, 0.3) is 0 Å². The molecule has 3 rings (SSSR count). The molecule has 0 spiro atoms. The summed E-state index contributed by atoms with van der Waals surface area (Å²) in [6.45, 7) is 3.56. The van der Waals surface area contributed by atoms with Crippen LogP contribution < -0.4 is 10.6 Å². The molecule has 0 radical (unpaired) electrons. The van der Waals surface area contributed by atoms with Crippen molar-refractivity contribution in [2.45, 2.75) is 19.9 Å². The van der Waals surface area contributed by atoms with Crippen LogP contribution in [-0.4, -0.2) is 34.2 Å². The van der Waals surface area contributed by atoms with E-state index < -0.39 is 11.6 Å². The first-order valence-electron chi connectivity index (χ1n) is 9.06. The van der Waals surface area contributed by atoms with E-state index in [1.54, 1.807) is 0 Å². The van der Waals surface area contributed by atoms with Gasteiger partial charge in [0.1, 0.15) is 18.0 Å². The number of nitrogens with zero attached hydrogens (tertiary/aromatic N) is 3. The van der Waals surface area contributed by atoms with Crippen LogP contribution in [0.5, 0.6) is 0 Å². The van der Waals surface area contributed by atoms with Crippen LogP contribution in [0.3, 0.4) is 0 Å². The third-order valence-electron chi connectivity index (χ3n) is 4.07. The van der Waals surface area contributed by atoms with Crippen LogP contribution in [0.25, 0.3) is 11.4 Å². The standard InChI is InChI=1S/C20H22F2N6.HI/c1-2-23-20(24-9-8-15-11-17(21)6-7-18(15)22)25-12-14-4-3-5-16(10-14)19-26-13-27-28-19;/h3-7,10-11,13H,2,8-9,12H2,1H3,(H2,23,24,25)(H,26,27,28);1H. The topological polar surface area (TPSA) is 78.0 Å². The smallest absolute Gasteiger partial charge is 0.191 e. The van der Waals surface area contributed by atoms with Crippen molar-refractivity contribution in [3.63, 3.8) is 0 Å². The average Bonchev–Trinajstić information content (AvgIpc) is 3.24. The Labute approximate surface area is 185 Å². The number of aromatic nitrogens is 3. The molecule has 1 heterocycles. The molecule has 1 aromatic heterocycles. The highest BCUT2D eigenvalue weighted by atomic mass is 127. The van der Waals surface area contributed by atoms with E-state index in [0.717, 1.165) is 23.3 Å². The van der Waals surface area contributed by atoms with Crippen LogP contribution in [-0.2, 0) is 13.0 Å². The molecule has 0 saturated heterocycles. The molecule has 2 aromatic carbocycles. The molecule has 154 valence electrons. The fourth-order valence-electron chi connectivity index (χ4n) is 2.72. The lowest BCUT2D eigenvalue weighted by Crippen LogP contribution is -2.38. The largest absolute Gasteiger partial charge is 0.357 e. The first-order chi connectivity index (χ1) is 13.7. The summed E-state index contributed by atoms with van der Waals surface area (Å²) in [5.74, 6) is 0.468. The molecule has 3 aromatic rings. The summed E-state index contributed by atoms with van der Waals surface area (Å²) >= 11 is 0. The first kappa shape index (κ1) is 22.7. The molecule has 0 fully saturated rings. The third-order valence-corrected chi connectivity index (χ3v) is 4.07. The second-order valence-electron chi connectivity index (χ2n) is 6.14. The first-order valence-corrected chi connectivity index (χ1v) is 9.06. The Morgan fingerprint density at radius 3 is 2.76 bits per heavy atom. The number of halogens is 3. The van der Waals surface area contributed by atoms with E-state index in [2.05, 4.69) is 30.8 Å². The van der Waals surface area contributed by atoms with Crippen molar-refractivity contribution in [2.24, 2.45) is 4.99 Å². The fraction of sp³-hybridized carbons (Fsp3) is 0.250. The highest BCUT2D eigenvalue weighted by Crippen LogP contribution is 2.16. The monoisotopic (exact) mass is 512 g/mol. The van der Waals surface area contributed by atoms with Crippen molar-refractivity contribution in [3.8, 4) is 11.4 Å². The van der Waals surface area contributed by atoms with E-state index in [1.165, 1.54) is 12.4 Å². The van der Waals surface area contributed by atoms with Crippen molar-refractivity contribution in [1.82, 2.24) is 25.8 Å². The van der Waals surface area contributed by atoms with E-state index in [9.17, 15) is 8.78 Å². The normalized spacial score (nSPS) is 11.1. The predicted octanol–water partition coefficient (Wildman–Crippen LogP) is 3.67. The number of hydrogen-bond acceptors (Lipinski definition) is 3. The summed E-state index contributed by atoms with van der Waals surface area (Å²) in [5, 5.41) is 13.0. The molecule has 0 amide bonds. The van der Waals surface area contributed by atoms with Gasteiger partial charge in [0.05, 0.1) is 6.54 Å². The summed E-state index contributed by atoms with van der Waals surface area (Å²) in [6.07, 6.45) is 1.82. The van der Waals surface area contributed by atoms with Gasteiger partial charge in [-0.05, 0) is 48.7 Å². The van der Waals surface area contributed by atoms with Crippen LogP contribution in [0, 0.1) is 11.6 Å². The lowest BCUT2D eigenvalue weighted by Gasteiger charge is -2.12. The maximum atomic E-state index is 13.7. The number of H-pyrrole nitrogens is 1. The molecule has 0 aliphatic rings. The van der Waals surface area contributed by atoms with Gasteiger partial charge in [-0.3, -0.25) is 5.10 Å². The van der Waals surface area contributed by atoms with Gasteiger partial charge >= 0.3 is 0 Å². The number of benzene rings is 2. The molecule has 3 N–H and O–H groups in total. The van der Waals surface area contributed by atoms with Gasteiger partial charge in [-0.25, -0.2) is 18.8 Å². The molecule has 0 atom stereocenters. The molecule has 29 heavy (non-hydrogen) atoms.